The van der Waals surface area contributed by atoms with E-state index in [1.165, 1.54) is 6.42 Å². The van der Waals surface area contributed by atoms with Crippen molar-refractivity contribution >= 4 is 5.69 Å². The maximum atomic E-state index is 9.35. The van der Waals surface area contributed by atoms with Gasteiger partial charge in [-0.2, -0.15) is 0 Å². The minimum Gasteiger partial charge on any atom is -0.508 e. The Balaban J connectivity index is 2.05. The third-order valence-electron chi connectivity index (χ3n) is 3.82. The molecule has 106 valence electrons. The van der Waals surface area contributed by atoms with Crippen molar-refractivity contribution in [2.45, 2.75) is 12.8 Å². The summed E-state index contributed by atoms with van der Waals surface area (Å²) in [5.74, 6) is 0.308. The molecule has 4 nitrogen and oxygen atoms in total. The fourth-order valence-electron chi connectivity index (χ4n) is 2.91. The highest BCUT2D eigenvalue weighted by molar-refractivity contribution is 5.48. The summed E-state index contributed by atoms with van der Waals surface area (Å²) >= 11 is 0. The van der Waals surface area contributed by atoms with Crippen molar-refractivity contribution in [3.05, 3.63) is 24.3 Å². The van der Waals surface area contributed by atoms with E-state index in [0.29, 0.717) is 5.75 Å². The molecule has 1 unspecified atom stereocenters. The van der Waals surface area contributed by atoms with Crippen LogP contribution in [0.2, 0.25) is 0 Å². The normalized spacial score (nSPS) is 23.3. The van der Waals surface area contributed by atoms with Gasteiger partial charge in [0.05, 0.1) is 6.61 Å². The molecule has 1 aromatic carbocycles. The lowest BCUT2D eigenvalue weighted by Gasteiger charge is -2.40. The molecule has 1 saturated heterocycles. The summed E-state index contributed by atoms with van der Waals surface area (Å²) in [6, 6.07) is 7.36. The molecule has 1 aliphatic heterocycles. The number of anilines is 1. The van der Waals surface area contributed by atoms with Gasteiger partial charge >= 0.3 is 0 Å². The van der Waals surface area contributed by atoms with E-state index in [4.69, 9.17) is 4.74 Å². The first-order chi connectivity index (χ1) is 9.15. The van der Waals surface area contributed by atoms with Crippen molar-refractivity contribution in [1.82, 2.24) is 5.32 Å². The van der Waals surface area contributed by atoms with Gasteiger partial charge in [-0.1, -0.05) is 0 Å². The SMILES string of the molecule is CNCC1(CN(C)c2ccc(O)cc2)CCCOC1. The average molecular weight is 264 g/mol. The van der Waals surface area contributed by atoms with Crippen LogP contribution in [0.3, 0.4) is 0 Å². The zero-order chi connectivity index (χ0) is 13.7. The number of nitrogens with one attached hydrogen (secondary N) is 1. The molecule has 2 rings (SSSR count). The lowest BCUT2D eigenvalue weighted by Crippen LogP contribution is -2.47. The van der Waals surface area contributed by atoms with Crippen LogP contribution < -0.4 is 10.2 Å². The second-order valence-corrected chi connectivity index (χ2v) is 5.56. The fraction of sp³-hybridized carbons (Fsp3) is 0.600. The predicted octanol–water partition coefficient (Wildman–Crippen LogP) is 1.84. The molecule has 1 aliphatic rings. The average Bonchev–Trinajstić information content (AvgIpc) is 2.40. The van der Waals surface area contributed by atoms with Gasteiger partial charge in [-0.05, 0) is 44.2 Å². The molecule has 0 amide bonds. The Hall–Kier alpha value is -1.26. The van der Waals surface area contributed by atoms with Gasteiger partial charge < -0.3 is 20.1 Å². The zero-order valence-electron chi connectivity index (χ0n) is 11.9. The number of rotatable bonds is 5. The number of hydrogen-bond acceptors (Lipinski definition) is 4. The van der Waals surface area contributed by atoms with Crippen LogP contribution in [-0.4, -0.2) is 45.5 Å². The van der Waals surface area contributed by atoms with Gasteiger partial charge in [0.15, 0.2) is 0 Å². The summed E-state index contributed by atoms with van der Waals surface area (Å²) in [6.45, 7) is 3.62. The van der Waals surface area contributed by atoms with Crippen molar-refractivity contribution in [1.29, 1.82) is 0 Å². The molecular formula is C15H24N2O2. The first-order valence-corrected chi connectivity index (χ1v) is 6.88. The number of phenols is 1. The van der Waals surface area contributed by atoms with E-state index in [9.17, 15) is 5.11 Å². The van der Waals surface area contributed by atoms with E-state index in [1.54, 1.807) is 12.1 Å². The second kappa shape index (κ2) is 6.26. The smallest absolute Gasteiger partial charge is 0.115 e. The summed E-state index contributed by atoms with van der Waals surface area (Å²) in [7, 11) is 4.09. The Labute approximate surface area is 115 Å². The molecule has 0 bridgehead atoms. The molecule has 19 heavy (non-hydrogen) atoms. The summed E-state index contributed by atoms with van der Waals surface area (Å²) in [5.41, 5.74) is 1.30. The van der Waals surface area contributed by atoms with E-state index in [0.717, 1.165) is 38.4 Å². The van der Waals surface area contributed by atoms with Crippen molar-refractivity contribution in [2.75, 3.05) is 45.3 Å². The molecule has 1 aromatic rings. The van der Waals surface area contributed by atoms with E-state index >= 15 is 0 Å². The Morgan fingerprint density at radius 3 is 2.68 bits per heavy atom. The van der Waals surface area contributed by atoms with E-state index < -0.39 is 0 Å². The minimum absolute atomic E-state index is 0.180. The third-order valence-corrected chi connectivity index (χ3v) is 3.82. The molecule has 1 fully saturated rings. The molecule has 0 spiro atoms. The van der Waals surface area contributed by atoms with Crippen molar-refractivity contribution in [3.63, 3.8) is 0 Å². The minimum atomic E-state index is 0.180. The number of aromatic hydroxyl groups is 1. The Morgan fingerprint density at radius 2 is 2.11 bits per heavy atom. The van der Waals surface area contributed by atoms with Gasteiger partial charge in [0, 0.05) is 37.8 Å². The summed E-state index contributed by atoms with van der Waals surface area (Å²) in [5, 5.41) is 12.6. The molecule has 0 aliphatic carbocycles. The van der Waals surface area contributed by atoms with Gasteiger partial charge in [-0.3, -0.25) is 0 Å². The topological polar surface area (TPSA) is 44.7 Å². The molecule has 0 aromatic heterocycles. The first kappa shape index (κ1) is 14.2. The standard InChI is InChI=1S/C15H24N2O2/c1-16-10-15(8-3-9-19-12-15)11-17(2)13-4-6-14(18)7-5-13/h4-7,16,18H,3,8-12H2,1-2H3. The molecule has 4 heteroatoms. The maximum Gasteiger partial charge on any atom is 0.115 e. The van der Waals surface area contributed by atoms with Crippen LogP contribution in [0.4, 0.5) is 5.69 Å². The highest BCUT2D eigenvalue weighted by Crippen LogP contribution is 2.30. The molecule has 1 atom stereocenters. The summed E-state index contributed by atoms with van der Waals surface area (Å²) < 4.78 is 5.69. The quantitative estimate of drug-likeness (QED) is 0.852. The number of hydrogen-bond donors (Lipinski definition) is 2. The van der Waals surface area contributed by atoms with Crippen molar-refractivity contribution in [3.8, 4) is 5.75 Å². The van der Waals surface area contributed by atoms with Crippen LogP contribution in [0.15, 0.2) is 24.3 Å². The van der Waals surface area contributed by atoms with Gasteiger partial charge in [-0.25, -0.2) is 0 Å². The fourth-order valence-corrected chi connectivity index (χ4v) is 2.91. The molecule has 1 heterocycles. The van der Waals surface area contributed by atoms with Crippen LogP contribution in [-0.2, 0) is 4.74 Å². The monoisotopic (exact) mass is 264 g/mol. The van der Waals surface area contributed by atoms with Crippen LogP contribution in [0, 0.1) is 5.41 Å². The van der Waals surface area contributed by atoms with E-state index in [-0.39, 0.29) is 5.41 Å². The zero-order valence-corrected chi connectivity index (χ0v) is 11.9. The highest BCUT2D eigenvalue weighted by Gasteiger charge is 2.33. The largest absolute Gasteiger partial charge is 0.508 e. The lowest BCUT2D eigenvalue weighted by atomic mass is 9.81. The van der Waals surface area contributed by atoms with Gasteiger partial charge in [-0.15, -0.1) is 0 Å². The summed E-state index contributed by atoms with van der Waals surface area (Å²) in [4.78, 5) is 2.24. The molecular weight excluding hydrogens is 240 g/mol. The van der Waals surface area contributed by atoms with Crippen molar-refractivity contribution in [2.24, 2.45) is 5.41 Å². The van der Waals surface area contributed by atoms with E-state index in [2.05, 4.69) is 17.3 Å². The van der Waals surface area contributed by atoms with Crippen LogP contribution in [0.1, 0.15) is 12.8 Å². The van der Waals surface area contributed by atoms with Crippen LogP contribution in [0.25, 0.3) is 0 Å². The van der Waals surface area contributed by atoms with E-state index in [1.807, 2.05) is 19.2 Å². The Bertz CT molecular complexity index is 380. The van der Waals surface area contributed by atoms with Crippen molar-refractivity contribution < 1.29 is 9.84 Å². The van der Waals surface area contributed by atoms with Crippen LogP contribution >= 0.6 is 0 Å². The van der Waals surface area contributed by atoms with Gasteiger partial charge in [0.2, 0.25) is 0 Å². The van der Waals surface area contributed by atoms with Gasteiger partial charge in [0.25, 0.3) is 0 Å². The molecule has 0 saturated carbocycles. The number of benzene rings is 1. The Kier molecular flexibility index (Phi) is 4.66. The first-order valence-electron chi connectivity index (χ1n) is 6.88. The maximum absolute atomic E-state index is 9.35. The predicted molar refractivity (Wildman–Crippen MR) is 77.8 cm³/mol. The number of ether oxygens (including phenoxy) is 1. The molecule has 0 radical (unpaired) electrons. The van der Waals surface area contributed by atoms with Crippen LogP contribution in [0.5, 0.6) is 5.75 Å². The third kappa shape index (κ3) is 3.61. The number of phenolic OH excluding ortho intramolecular Hbond substituents is 1. The van der Waals surface area contributed by atoms with Gasteiger partial charge in [0.1, 0.15) is 5.75 Å². The second-order valence-electron chi connectivity index (χ2n) is 5.56. The highest BCUT2D eigenvalue weighted by atomic mass is 16.5. The summed E-state index contributed by atoms with van der Waals surface area (Å²) in [6.07, 6.45) is 2.32. The number of nitrogens with zero attached hydrogens (tertiary/aromatic N) is 1. The molecule has 2 N–H and O–H groups in total. The lowest BCUT2D eigenvalue weighted by molar-refractivity contribution is -0.00183. The Morgan fingerprint density at radius 1 is 1.37 bits per heavy atom.